The quantitative estimate of drug-likeness (QED) is 0.0846. The molecule has 6 rings (SSSR count). The molecular weight excluding hydrogens is 462 g/mol. The summed E-state index contributed by atoms with van der Waals surface area (Å²) in [5, 5.41) is 16.4. The Hall–Kier alpha value is -4.40. The van der Waals surface area contributed by atoms with Gasteiger partial charge < -0.3 is 15.7 Å². The van der Waals surface area contributed by atoms with Crippen molar-refractivity contribution in [2.45, 2.75) is 0 Å². The first kappa shape index (κ1) is 22.4. The van der Waals surface area contributed by atoms with Gasteiger partial charge in [-0.25, -0.2) is 0 Å². The standard InChI is InChI=1S/C26H16O4S.CH5N3/c27-31(28,29)30-26-7-3-6-18-12-19-8-9-20-13-21-10-16-4-1-2-5-17(16)11-22(21)14-23(20)24(19)15-25(18)26;2-1(3)4/h1-15H,(H,27,28,29);(H5,2,3,4). The minimum Gasteiger partial charge on any atom is -0.370 e. The zero-order chi connectivity index (χ0) is 24.7. The van der Waals surface area contributed by atoms with Gasteiger partial charge >= 0.3 is 10.4 Å². The molecule has 6 aromatic carbocycles. The van der Waals surface area contributed by atoms with Crippen molar-refractivity contribution in [3.63, 3.8) is 0 Å². The van der Waals surface area contributed by atoms with Crippen LogP contribution in [0, 0.1) is 5.41 Å². The number of nitrogens with two attached hydrogens (primary N) is 2. The van der Waals surface area contributed by atoms with E-state index in [4.69, 9.17) is 9.59 Å². The van der Waals surface area contributed by atoms with Crippen LogP contribution in [0.4, 0.5) is 0 Å². The topological polar surface area (TPSA) is 139 Å². The molecule has 0 saturated carbocycles. The second kappa shape index (κ2) is 8.43. The monoisotopic (exact) mass is 483 g/mol. The highest BCUT2D eigenvalue weighted by atomic mass is 32.3. The van der Waals surface area contributed by atoms with E-state index in [0.717, 1.165) is 32.3 Å². The van der Waals surface area contributed by atoms with Crippen LogP contribution in [-0.2, 0) is 10.4 Å². The fraction of sp³-hybridized carbons (Fsp3) is 0. The maximum absolute atomic E-state index is 11.3. The molecule has 0 aromatic heterocycles. The van der Waals surface area contributed by atoms with Crippen LogP contribution in [0.5, 0.6) is 5.75 Å². The summed E-state index contributed by atoms with van der Waals surface area (Å²) >= 11 is 0. The SMILES string of the molecule is N=C(N)N.O=S(=O)(O)Oc1cccc2cc3ccc4cc5cc6ccccc6cc5cc4c3cc12. The van der Waals surface area contributed by atoms with Gasteiger partial charge in [0, 0.05) is 5.39 Å². The van der Waals surface area contributed by atoms with Crippen molar-refractivity contribution in [1.29, 1.82) is 5.41 Å². The molecule has 0 bridgehead atoms. The average Bonchev–Trinajstić information content (AvgIpc) is 2.79. The van der Waals surface area contributed by atoms with Gasteiger partial charge in [-0.2, -0.15) is 8.42 Å². The van der Waals surface area contributed by atoms with Crippen LogP contribution < -0.4 is 15.7 Å². The van der Waals surface area contributed by atoms with Crippen molar-refractivity contribution in [1.82, 2.24) is 0 Å². The Bertz CT molecular complexity index is 1900. The van der Waals surface area contributed by atoms with Crippen LogP contribution in [0.3, 0.4) is 0 Å². The Kier molecular flexibility index (Phi) is 5.39. The number of rotatable bonds is 2. The first-order valence-corrected chi connectivity index (χ1v) is 12.0. The highest BCUT2D eigenvalue weighted by Gasteiger charge is 2.12. The van der Waals surface area contributed by atoms with E-state index in [1.165, 1.54) is 22.2 Å². The summed E-state index contributed by atoms with van der Waals surface area (Å²) in [7, 11) is -4.61. The second-order valence-corrected chi connectivity index (χ2v) is 9.22. The van der Waals surface area contributed by atoms with Crippen LogP contribution >= 0.6 is 0 Å². The summed E-state index contributed by atoms with van der Waals surface area (Å²) in [4.78, 5) is 0. The van der Waals surface area contributed by atoms with E-state index in [9.17, 15) is 13.0 Å². The van der Waals surface area contributed by atoms with E-state index in [1.807, 2.05) is 30.3 Å². The summed E-state index contributed by atoms with van der Waals surface area (Å²) in [5.74, 6) is -0.231. The Morgan fingerprint density at radius 3 is 1.69 bits per heavy atom. The molecule has 0 amide bonds. The van der Waals surface area contributed by atoms with Crippen LogP contribution in [0.1, 0.15) is 0 Å². The van der Waals surface area contributed by atoms with Gasteiger partial charge in [0.15, 0.2) is 11.7 Å². The van der Waals surface area contributed by atoms with Crippen LogP contribution in [0.25, 0.3) is 53.9 Å². The number of fused-ring (bicyclic) bond motifs is 6. The summed E-state index contributed by atoms with van der Waals surface area (Å²) in [6, 6.07) is 30.3. The van der Waals surface area contributed by atoms with E-state index in [0.29, 0.717) is 5.39 Å². The maximum Gasteiger partial charge on any atom is 0.446 e. The number of benzene rings is 6. The molecule has 35 heavy (non-hydrogen) atoms. The first-order chi connectivity index (χ1) is 16.7. The molecule has 0 aliphatic rings. The lowest BCUT2D eigenvalue weighted by Crippen LogP contribution is -2.20. The summed E-state index contributed by atoms with van der Waals surface area (Å²) in [6.45, 7) is 0. The van der Waals surface area contributed by atoms with Gasteiger partial charge in [-0.1, -0.05) is 48.5 Å². The molecule has 0 radical (unpaired) electrons. The number of hydrogen-bond donors (Lipinski definition) is 4. The van der Waals surface area contributed by atoms with Gasteiger partial charge in [0.25, 0.3) is 0 Å². The molecule has 0 fully saturated rings. The van der Waals surface area contributed by atoms with Crippen molar-refractivity contribution < 1.29 is 17.2 Å². The summed E-state index contributed by atoms with van der Waals surface area (Å²) in [6.07, 6.45) is 0. The van der Waals surface area contributed by atoms with Gasteiger partial charge in [0.05, 0.1) is 0 Å². The van der Waals surface area contributed by atoms with E-state index in [1.54, 1.807) is 6.07 Å². The van der Waals surface area contributed by atoms with E-state index < -0.39 is 10.4 Å². The number of nitrogens with one attached hydrogen (secondary N) is 1. The Balaban J connectivity index is 0.000000591. The highest BCUT2D eigenvalue weighted by Crippen LogP contribution is 2.36. The average molecular weight is 484 g/mol. The minimum absolute atomic E-state index is 0.102. The van der Waals surface area contributed by atoms with Gasteiger partial charge in [-0.15, -0.1) is 0 Å². The molecule has 8 heteroatoms. The van der Waals surface area contributed by atoms with Crippen LogP contribution in [0.2, 0.25) is 0 Å². The molecule has 0 unspecified atom stereocenters. The van der Waals surface area contributed by atoms with Gasteiger partial charge in [0.2, 0.25) is 0 Å². The lowest BCUT2D eigenvalue weighted by atomic mass is 9.94. The van der Waals surface area contributed by atoms with Crippen molar-refractivity contribution in [2.75, 3.05) is 0 Å². The smallest absolute Gasteiger partial charge is 0.370 e. The third kappa shape index (κ3) is 4.52. The van der Waals surface area contributed by atoms with Crippen molar-refractivity contribution in [3.05, 3.63) is 91.0 Å². The third-order valence-electron chi connectivity index (χ3n) is 5.81. The van der Waals surface area contributed by atoms with Gasteiger partial charge in [-0.05, 0) is 90.9 Å². The molecule has 6 N–H and O–H groups in total. The predicted octanol–water partition coefficient (Wildman–Crippen LogP) is 5.47. The molecule has 0 aliphatic carbocycles. The lowest BCUT2D eigenvalue weighted by Gasteiger charge is -2.11. The Morgan fingerprint density at radius 2 is 1.09 bits per heavy atom. The fourth-order valence-corrected chi connectivity index (χ4v) is 4.80. The zero-order valence-electron chi connectivity index (χ0n) is 18.4. The minimum atomic E-state index is -4.61. The van der Waals surface area contributed by atoms with Crippen LogP contribution in [-0.4, -0.2) is 18.9 Å². The molecule has 0 heterocycles. The largest absolute Gasteiger partial charge is 0.446 e. The van der Waals surface area contributed by atoms with E-state index in [-0.39, 0.29) is 11.7 Å². The summed E-state index contributed by atoms with van der Waals surface area (Å²) in [5.41, 5.74) is 8.94. The predicted molar refractivity (Wildman–Crippen MR) is 142 cm³/mol. The number of guanidine groups is 1. The lowest BCUT2D eigenvalue weighted by molar-refractivity contribution is 0.388. The molecule has 0 spiro atoms. The fourth-order valence-electron chi connectivity index (χ4n) is 4.43. The van der Waals surface area contributed by atoms with Crippen molar-refractivity contribution >= 4 is 70.2 Å². The highest BCUT2D eigenvalue weighted by molar-refractivity contribution is 7.81. The van der Waals surface area contributed by atoms with Crippen LogP contribution in [0.15, 0.2) is 91.0 Å². The molecule has 174 valence electrons. The third-order valence-corrected chi connectivity index (χ3v) is 6.20. The molecule has 7 nitrogen and oxygen atoms in total. The Labute approximate surface area is 201 Å². The first-order valence-electron chi connectivity index (χ1n) is 10.7. The summed E-state index contributed by atoms with van der Waals surface area (Å²) < 4.78 is 36.6. The molecule has 0 saturated heterocycles. The normalized spacial score (nSPS) is 11.6. The maximum atomic E-state index is 11.3. The van der Waals surface area contributed by atoms with Gasteiger partial charge in [-0.3, -0.25) is 9.96 Å². The van der Waals surface area contributed by atoms with Crippen molar-refractivity contribution in [3.8, 4) is 5.75 Å². The Morgan fingerprint density at radius 1 is 0.629 bits per heavy atom. The number of hydrogen-bond acceptors (Lipinski definition) is 4. The van der Waals surface area contributed by atoms with Gasteiger partial charge in [0.1, 0.15) is 0 Å². The second-order valence-electron chi connectivity index (χ2n) is 8.20. The van der Waals surface area contributed by atoms with E-state index in [2.05, 4.69) is 60.0 Å². The van der Waals surface area contributed by atoms with Crippen molar-refractivity contribution in [2.24, 2.45) is 11.5 Å². The molecule has 6 aromatic rings. The van der Waals surface area contributed by atoms with E-state index >= 15 is 0 Å². The molecule has 0 aliphatic heterocycles. The molecule has 0 atom stereocenters. The molecular formula is C27H21N3O4S. The zero-order valence-corrected chi connectivity index (χ0v) is 19.2.